The SMILES string of the molecule is COc1ccc(CC(=O)N(C)C2CCCCC2C)cc1OC. The van der Waals surface area contributed by atoms with Crippen molar-refractivity contribution in [1.29, 1.82) is 0 Å². The van der Waals surface area contributed by atoms with Gasteiger partial charge in [-0.3, -0.25) is 4.79 Å². The third-order valence-corrected chi connectivity index (χ3v) is 4.76. The van der Waals surface area contributed by atoms with Gasteiger partial charge < -0.3 is 14.4 Å². The van der Waals surface area contributed by atoms with Gasteiger partial charge in [0.25, 0.3) is 0 Å². The van der Waals surface area contributed by atoms with Crippen LogP contribution in [0.4, 0.5) is 0 Å². The monoisotopic (exact) mass is 305 g/mol. The molecule has 22 heavy (non-hydrogen) atoms. The Morgan fingerprint density at radius 2 is 1.86 bits per heavy atom. The van der Waals surface area contributed by atoms with Crippen molar-refractivity contribution in [2.75, 3.05) is 21.3 Å². The molecule has 2 unspecified atom stereocenters. The number of amides is 1. The number of benzene rings is 1. The lowest BCUT2D eigenvalue weighted by Crippen LogP contribution is -2.43. The molecule has 0 bridgehead atoms. The predicted molar refractivity (Wildman–Crippen MR) is 87.4 cm³/mol. The first-order valence-corrected chi connectivity index (χ1v) is 8.03. The first kappa shape index (κ1) is 16.7. The van der Waals surface area contributed by atoms with E-state index in [0.29, 0.717) is 29.9 Å². The maximum Gasteiger partial charge on any atom is 0.226 e. The second-order valence-corrected chi connectivity index (χ2v) is 6.20. The maximum atomic E-state index is 12.6. The summed E-state index contributed by atoms with van der Waals surface area (Å²) >= 11 is 0. The second kappa shape index (κ2) is 7.52. The molecule has 2 rings (SSSR count). The number of hydrogen-bond donors (Lipinski definition) is 0. The zero-order valence-corrected chi connectivity index (χ0v) is 14.1. The van der Waals surface area contributed by atoms with E-state index in [4.69, 9.17) is 9.47 Å². The van der Waals surface area contributed by atoms with Crippen LogP contribution in [0.3, 0.4) is 0 Å². The molecule has 1 aliphatic carbocycles. The summed E-state index contributed by atoms with van der Waals surface area (Å²) in [6.45, 7) is 2.25. The van der Waals surface area contributed by atoms with Crippen LogP contribution in [0.2, 0.25) is 0 Å². The van der Waals surface area contributed by atoms with Crippen LogP contribution in [-0.2, 0) is 11.2 Å². The smallest absolute Gasteiger partial charge is 0.226 e. The molecule has 4 heteroatoms. The summed E-state index contributed by atoms with van der Waals surface area (Å²) in [5.74, 6) is 2.12. The van der Waals surface area contributed by atoms with Crippen molar-refractivity contribution < 1.29 is 14.3 Å². The van der Waals surface area contributed by atoms with Crippen LogP contribution in [-0.4, -0.2) is 38.1 Å². The summed E-state index contributed by atoms with van der Waals surface area (Å²) < 4.78 is 10.5. The van der Waals surface area contributed by atoms with Crippen molar-refractivity contribution in [3.8, 4) is 11.5 Å². The van der Waals surface area contributed by atoms with E-state index in [1.807, 2.05) is 30.1 Å². The minimum atomic E-state index is 0.172. The molecule has 122 valence electrons. The van der Waals surface area contributed by atoms with Gasteiger partial charge in [-0.25, -0.2) is 0 Å². The predicted octanol–water partition coefficient (Wildman–Crippen LogP) is 3.28. The van der Waals surface area contributed by atoms with E-state index in [-0.39, 0.29) is 5.91 Å². The Balaban J connectivity index is 2.04. The molecular formula is C18H27NO3. The zero-order valence-electron chi connectivity index (χ0n) is 14.1. The van der Waals surface area contributed by atoms with E-state index in [9.17, 15) is 4.79 Å². The molecule has 1 aromatic carbocycles. The largest absolute Gasteiger partial charge is 0.493 e. The van der Waals surface area contributed by atoms with Gasteiger partial charge in [0.2, 0.25) is 5.91 Å². The van der Waals surface area contributed by atoms with Gasteiger partial charge in [-0.15, -0.1) is 0 Å². The van der Waals surface area contributed by atoms with Gasteiger partial charge in [-0.2, -0.15) is 0 Å². The highest BCUT2D eigenvalue weighted by Crippen LogP contribution is 2.29. The van der Waals surface area contributed by atoms with Crippen LogP contribution in [0.25, 0.3) is 0 Å². The molecule has 0 aromatic heterocycles. The van der Waals surface area contributed by atoms with Gasteiger partial charge in [0.15, 0.2) is 11.5 Å². The third kappa shape index (κ3) is 3.73. The molecule has 1 saturated carbocycles. The summed E-state index contributed by atoms with van der Waals surface area (Å²) in [4.78, 5) is 14.5. The van der Waals surface area contributed by atoms with Crippen molar-refractivity contribution in [2.45, 2.75) is 45.1 Å². The molecule has 0 saturated heterocycles. The highest BCUT2D eigenvalue weighted by atomic mass is 16.5. The number of carbonyl (C=O) groups excluding carboxylic acids is 1. The molecule has 0 spiro atoms. The lowest BCUT2D eigenvalue weighted by Gasteiger charge is -2.36. The number of methoxy groups -OCH3 is 2. The van der Waals surface area contributed by atoms with Crippen LogP contribution in [0.1, 0.15) is 38.2 Å². The van der Waals surface area contributed by atoms with Crippen molar-refractivity contribution in [1.82, 2.24) is 4.90 Å². The second-order valence-electron chi connectivity index (χ2n) is 6.20. The number of rotatable bonds is 5. The lowest BCUT2D eigenvalue weighted by atomic mass is 9.85. The van der Waals surface area contributed by atoms with E-state index in [1.165, 1.54) is 19.3 Å². The highest BCUT2D eigenvalue weighted by Gasteiger charge is 2.27. The van der Waals surface area contributed by atoms with Gasteiger partial charge in [0, 0.05) is 13.1 Å². The first-order valence-electron chi connectivity index (χ1n) is 8.03. The standard InChI is InChI=1S/C18H27NO3/c1-13-7-5-6-8-15(13)19(2)18(20)12-14-9-10-16(21-3)17(11-14)22-4/h9-11,13,15H,5-8,12H2,1-4H3. The van der Waals surface area contributed by atoms with Crippen LogP contribution in [0.5, 0.6) is 11.5 Å². The lowest BCUT2D eigenvalue weighted by molar-refractivity contribution is -0.132. The molecule has 2 atom stereocenters. The van der Waals surface area contributed by atoms with E-state index in [2.05, 4.69) is 6.92 Å². The van der Waals surface area contributed by atoms with E-state index in [0.717, 1.165) is 12.0 Å². The number of hydrogen-bond acceptors (Lipinski definition) is 3. The van der Waals surface area contributed by atoms with E-state index >= 15 is 0 Å². The first-order chi connectivity index (χ1) is 10.6. The Hall–Kier alpha value is -1.71. The van der Waals surface area contributed by atoms with Crippen molar-refractivity contribution in [3.05, 3.63) is 23.8 Å². The average molecular weight is 305 g/mol. The molecule has 1 fully saturated rings. The quantitative estimate of drug-likeness (QED) is 0.838. The van der Waals surface area contributed by atoms with Gasteiger partial charge >= 0.3 is 0 Å². The van der Waals surface area contributed by atoms with Crippen LogP contribution < -0.4 is 9.47 Å². The van der Waals surface area contributed by atoms with Crippen molar-refractivity contribution in [3.63, 3.8) is 0 Å². The molecule has 0 aliphatic heterocycles. The molecule has 0 heterocycles. The fourth-order valence-electron chi connectivity index (χ4n) is 3.35. The number of carbonyl (C=O) groups is 1. The van der Waals surface area contributed by atoms with E-state index < -0.39 is 0 Å². The topological polar surface area (TPSA) is 38.8 Å². The summed E-state index contributed by atoms with van der Waals surface area (Å²) in [6, 6.07) is 6.04. The van der Waals surface area contributed by atoms with Gasteiger partial charge in [-0.1, -0.05) is 25.8 Å². The maximum absolute atomic E-state index is 12.6. The Morgan fingerprint density at radius 3 is 2.50 bits per heavy atom. The number of likely N-dealkylation sites (N-methyl/N-ethyl adjacent to an activating group) is 1. The van der Waals surface area contributed by atoms with Gasteiger partial charge in [-0.05, 0) is 36.5 Å². The molecule has 1 aliphatic rings. The summed E-state index contributed by atoms with van der Waals surface area (Å²) in [6.07, 6.45) is 5.26. The fourth-order valence-corrected chi connectivity index (χ4v) is 3.35. The summed E-state index contributed by atoms with van der Waals surface area (Å²) in [5.41, 5.74) is 0.956. The summed E-state index contributed by atoms with van der Waals surface area (Å²) in [5, 5.41) is 0. The molecule has 4 nitrogen and oxygen atoms in total. The third-order valence-electron chi connectivity index (χ3n) is 4.76. The average Bonchev–Trinajstić information content (AvgIpc) is 2.54. The molecule has 0 N–H and O–H groups in total. The van der Waals surface area contributed by atoms with Crippen molar-refractivity contribution >= 4 is 5.91 Å². The van der Waals surface area contributed by atoms with Crippen LogP contribution in [0, 0.1) is 5.92 Å². The normalized spacial score (nSPS) is 21.3. The number of nitrogens with zero attached hydrogens (tertiary/aromatic N) is 1. The van der Waals surface area contributed by atoms with Gasteiger partial charge in [0.05, 0.1) is 20.6 Å². The Morgan fingerprint density at radius 1 is 1.18 bits per heavy atom. The fraction of sp³-hybridized carbons (Fsp3) is 0.611. The Labute approximate surface area is 133 Å². The minimum absolute atomic E-state index is 0.172. The van der Waals surface area contributed by atoms with Crippen molar-refractivity contribution in [2.24, 2.45) is 5.92 Å². The number of ether oxygens (including phenoxy) is 2. The molecule has 1 amide bonds. The zero-order chi connectivity index (χ0) is 16.1. The Bertz CT molecular complexity index is 515. The highest BCUT2D eigenvalue weighted by molar-refractivity contribution is 5.79. The molecule has 0 radical (unpaired) electrons. The van der Waals surface area contributed by atoms with Crippen LogP contribution >= 0.6 is 0 Å². The molecular weight excluding hydrogens is 278 g/mol. The van der Waals surface area contributed by atoms with Gasteiger partial charge in [0.1, 0.15) is 0 Å². The minimum Gasteiger partial charge on any atom is -0.493 e. The van der Waals surface area contributed by atoms with E-state index in [1.54, 1.807) is 14.2 Å². The molecule has 1 aromatic rings. The Kier molecular flexibility index (Phi) is 5.69. The summed E-state index contributed by atoms with van der Waals surface area (Å²) in [7, 11) is 5.16. The van der Waals surface area contributed by atoms with Crippen LogP contribution in [0.15, 0.2) is 18.2 Å².